The second kappa shape index (κ2) is 11.7. The fourth-order valence-electron chi connectivity index (χ4n) is 3.41. The lowest BCUT2D eigenvalue weighted by Gasteiger charge is -2.29. The standard InChI is InChI=1S/C22H27FN2O6S2/c1-2-30-22(27)19-8-9-20(31-19)33(28,29)25-13-10-16(11-14-25)21(26)24-12-3-15-32-18-6-4-17(23)5-7-18/h4-9,16H,2-3,10-15H2,1H3,(H,24,26). The average Bonchev–Trinajstić information content (AvgIpc) is 3.32. The van der Waals surface area contributed by atoms with E-state index in [9.17, 15) is 22.4 Å². The van der Waals surface area contributed by atoms with E-state index < -0.39 is 16.0 Å². The number of carbonyl (C=O) groups excluding carboxylic acids is 2. The summed E-state index contributed by atoms with van der Waals surface area (Å²) in [5.74, 6) is -0.697. The molecule has 1 N–H and O–H groups in total. The number of thioether (sulfide) groups is 1. The van der Waals surface area contributed by atoms with Crippen LogP contribution in [0.4, 0.5) is 4.39 Å². The molecule has 33 heavy (non-hydrogen) atoms. The molecule has 1 aromatic carbocycles. The largest absolute Gasteiger partial charge is 0.460 e. The predicted octanol–water partition coefficient (Wildman–Crippen LogP) is 3.29. The Morgan fingerprint density at radius 3 is 2.55 bits per heavy atom. The van der Waals surface area contributed by atoms with Crippen LogP contribution in [-0.2, 0) is 19.6 Å². The van der Waals surface area contributed by atoms with Crippen LogP contribution in [0.15, 0.2) is 50.8 Å². The maximum atomic E-state index is 12.9. The number of furan rings is 1. The van der Waals surface area contributed by atoms with E-state index in [1.54, 1.807) is 30.8 Å². The van der Waals surface area contributed by atoms with Gasteiger partial charge in [-0.15, -0.1) is 11.8 Å². The summed E-state index contributed by atoms with van der Waals surface area (Å²) in [5, 5.41) is 2.60. The van der Waals surface area contributed by atoms with Crippen molar-refractivity contribution in [2.24, 2.45) is 5.92 Å². The van der Waals surface area contributed by atoms with Gasteiger partial charge in [0.15, 0.2) is 0 Å². The molecule has 1 saturated heterocycles. The summed E-state index contributed by atoms with van der Waals surface area (Å²) < 4.78 is 49.8. The zero-order valence-electron chi connectivity index (χ0n) is 18.3. The smallest absolute Gasteiger partial charge is 0.374 e. The fourth-order valence-corrected chi connectivity index (χ4v) is 5.64. The molecule has 0 bridgehead atoms. The summed E-state index contributed by atoms with van der Waals surface area (Å²) in [6, 6.07) is 8.80. The lowest BCUT2D eigenvalue weighted by molar-refractivity contribution is -0.126. The van der Waals surface area contributed by atoms with Crippen molar-refractivity contribution < 1.29 is 31.6 Å². The number of benzene rings is 1. The van der Waals surface area contributed by atoms with E-state index in [4.69, 9.17) is 9.15 Å². The summed E-state index contributed by atoms with van der Waals surface area (Å²) in [7, 11) is -3.89. The van der Waals surface area contributed by atoms with Gasteiger partial charge < -0.3 is 14.5 Å². The van der Waals surface area contributed by atoms with Gasteiger partial charge in [-0.1, -0.05) is 0 Å². The SMILES string of the molecule is CCOC(=O)c1ccc(S(=O)(=O)N2CCC(C(=O)NCCCSc3ccc(F)cc3)CC2)o1. The second-order valence-electron chi connectivity index (χ2n) is 7.46. The highest BCUT2D eigenvalue weighted by Crippen LogP contribution is 2.25. The molecule has 0 radical (unpaired) electrons. The molecule has 1 aliphatic heterocycles. The Hall–Kier alpha value is -2.37. The van der Waals surface area contributed by atoms with Crippen LogP contribution in [0.25, 0.3) is 0 Å². The minimum Gasteiger partial charge on any atom is -0.460 e. The molecular formula is C22H27FN2O6S2. The first kappa shape index (κ1) is 25.3. The number of halogens is 1. The van der Waals surface area contributed by atoms with Gasteiger partial charge in [-0.25, -0.2) is 17.6 Å². The average molecular weight is 499 g/mol. The van der Waals surface area contributed by atoms with Crippen molar-refractivity contribution in [3.8, 4) is 0 Å². The van der Waals surface area contributed by atoms with Crippen molar-refractivity contribution in [3.05, 3.63) is 48.0 Å². The van der Waals surface area contributed by atoms with Crippen molar-refractivity contribution >= 4 is 33.7 Å². The molecule has 1 fully saturated rings. The van der Waals surface area contributed by atoms with Gasteiger partial charge in [0.1, 0.15) is 5.82 Å². The van der Waals surface area contributed by atoms with Gasteiger partial charge in [0.2, 0.25) is 16.8 Å². The second-order valence-corrected chi connectivity index (χ2v) is 10.5. The number of piperidine rings is 1. The number of rotatable bonds is 10. The summed E-state index contributed by atoms with van der Waals surface area (Å²) in [6.45, 7) is 2.71. The van der Waals surface area contributed by atoms with Crippen LogP contribution >= 0.6 is 11.8 Å². The number of nitrogens with zero attached hydrogens (tertiary/aromatic N) is 1. The summed E-state index contributed by atoms with van der Waals surface area (Å²) in [4.78, 5) is 25.1. The molecule has 0 atom stereocenters. The Balaban J connectivity index is 1.40. The van der Waals surface area contributed by atoms with Crippen LogP contribution < -0.4 is 5.32 Å². The van der Waals surface area contributed by atoms with Gasteiger partial charge in [0.05, 0.1) is 6.61 Å². The van der Waals surface area contributed by atoms with Crippen LogP contribution in [0.3, 0.4) is 0 Å². The lowest BCUT2D eigenvalue weighted by atomic mass is 9.97. The van der Waals surface area contributed by atoms with E-state index >= 15 is 0 Å². The monoisotopic (exact) mass is 498 g/mol. The summed E-state index contributed by atoms with van der Waals surface area (Å²) >= 11 is 1.59. The number of hydrogen-bond acceptors (Lipinski definition) is 7. The molecule has 0 aliphatic carbocycles. The fraction of sp³-hybridized carbons (Fsp3) is 0.455. The van der Waals surface area contributed by atoms with Gasteiger partial charge in [0, 0.05) is 30.4 Å². The van der Waals surface area contributed by atoms with Gasteiger partial charge in [-0.2, -0.15) is 4.31 Å². The topological polar surface area (TPSA) is 106 Å². The highest BCUT2D eigenvalue weighted by Gasteiger charge is 2.34. The molecule has 0 spiro atoms. The summed E-state index contributed by atoms with van der Waals surface area (Å²) in [5.41, 5.74) is 0. The van der Waals surface area contributed by atoms with Crippen molar-refractivity contribution in [3.63, 3.8) is 0 Å². The zero-order chi connectivity index (χ0) is 23.8. The van der Waals surface area contributed by atoms with E-state index in [-0.39, 0.29) is 48.2 Å². The van der Waals surface area contributed by atoms with Crippen LogP contribution in [0.2, 0.25) is 0 Å². The van der Waals surface area contributed by atoms with Crippen LogP contribution in [0.5, 0.6) is 0 Å². The summed E-state index contributed by atoms with van der Waals surface area (Å²) in [6.07, 6.45) is 1.57. The van der Waals surface area contributed by atoms with E-state index in [0.717, 1.165) is 17.1 Å². The molecule has 1 aliphatic rings. The number of hydrogen-bond donors (Lipinski definition) is 1. The Kier molecular flexibility index (Phi) is 8.93. The quantitative estimate of drug-likeness (QED) is 0.304. The minimum absolute atomic E-state index is 0.0820. The molecule has 11 heteroatoms. The molecule has 3 rings (SSSR count). The normalized spacial score (nSPS) is 15.3. The molecule has 1 aromatic heterocycles. The minimum atomic E-state index is -3.89. The lowest BCUT2D eigenvalue weighted by Crippen LogP contribution is -2.43. The Morgan fingerprint density at radius 1 is 1.18 bits per heavy atom. The number of carbonyl (C=O) groups is 2. The van der Waals surface area contributed by atoms with E-state index in [2.05, 4.69) is 5.32 Å². The van der Waals surface area contributed by atoms with Gasteiger partial charge >= 0.3 is 5.97 Å². The molecule has 1 amide bonds. The third-order valence-corrected chi connectivity index (χ3v) is 8.05. The number of ether oxygens (including phenoxy) is 1. The first-order chi connectivity index (χ1) is 15.8. The third-order valence-electron chi connectivity index (χ3n) is 5.18. The zero-order valence-corrected chi connectivity index (χ0v) is 19.9. The van der Waals surface area contributed by atoms with Crippen LogP contribution in [0, 0.1) is 11.7 Å². The number of amides is 1. The van der Waals surface area contributed by atoms with E-state index in [1.807, 2.05) is 0 Å². The molecule has 8 nitrogen and oxygen atoms in total. The Morgan fingerprint density at radius 2 is 1.88 bits per heavy atom. The molecular weight excluding hydrogens is 471 g/mol. The van der Waals surface area contributed by atoms with Crippen molar-refractivity contribution in [1.29, 1.82) is 0 Å². The van der Waals surface area contributed by atoms with Crippen LogP contribution in [0.1, 0.15) is 36.7 Å². The van der Waals surface area contributed by atoms with E-state index in [1.165, 1.54) is 28.6 Å². The maximum Gasteiger partial charge on any atom is 0.374 e. The van der Waals surface area contributed by atoms with Crippen molar-refractivity contribution in [2.45, 2.75) is 36.2 Å². The Bertz CT molecular complexity index is 1050. The number of sulfonamides is 1. The van der Waals surface area contributed by atoms with Gasteiger partial charge in [0.25, 0.3) is 10.0 Å². The Labute approximate surface area is 196 Å². The first-order valence-corrected chi connectivity index (χ1v) is 13.2. The number of nitrogens with one attached hydrogen (secondary N) is 1. The van der Waals surface area contributed by atoms with Gasteiger partial charge in [-0.3, -0.25) is 4.79 Å². The van der Waals surface area contributed by atoms with Crippen molar-refractivity contribution in [2.75, 3.05) is 32.0 Å². The van der Waals surface area contributed by atoms with Crippen molar-refractivity contribution in [1.82, 2.24) is 9.62 Å². The first-order valence-electron chi connectivity index (χ1n) is 10.7. The molecule has 2 heterocycles. The molecule has 180 valence electrons. The van der Waals surface area contributed by atoms with Gasteiger partial charge in [-0.05, 0) is 68.3 Å². The molecule has 0 unspecified atom stereocenters. The molecule has 0 saturated carbocycles. The third kappa shape index (κ3) is 6.81. The number of esters is 1. The molecule has 2 aromatic rings. The maximum absolute atomic E-state index is 12.9. The predicted molar refractivity (Wildman–Crippen MR) is 121 cm³/mol. The van der Waals surface area contributed by atoms with Crippen LogP contribution in [-0.4, -0.2) is 56.6 Å². The van der Waals surface area contributed by atoms with E-state index in [0.29, 0.717) is 19.4 Å². The highest BCUT2D eigenvalue weighted by molar-refractivity contribution is 7.99. The highest BCUT2D eigenvalue weighted by atomic mass is 32.2.